The van der Waals surface area contributed by atoms with Crippen molar-refractivity contribution in [3.05, 3.63) is 214 Å². The van der Waals surface area contributed by atoms with Crippen LogP contribution in [0.3, 0.4) is 0 Å². The maximum Gasteiger partial charge on any atom is 0.416 e. The highest BCUT2D eigenvalue weighted by Gasteiger charge is 2.47. The fourth-order valence-corrected chi connectivity index (χ4v) is 9.27. The van der Waals surface area contributed by atoms with Crippen LogP contribution in [-0.2, 0) is 56.0 Å². The minimum absolute atomic E-state index is 0.0610. The van der Waals surface area contributed by atoms with Gasteiger partial charge in [-0.2, -0.15) is 132 Å². The molecular formula is C55H30BF24NO2. The van der Waals surface area contributed by atoms with Gasteiger partial charge in [0.15, 0.2) is 6.20 Å². The van der Waals surface area contributed by atoms with Crippen molar-refractivity contribution < 1.29 is 120 Å². The number of fused-ring (bicyclic) bond motifs is 1. The molecule has 1 N–H and O–H groups in total. The van der Waals surface area contributed by atoms with Gasteiger partial charge in [-0.15, -0.1) is 0 Å². The van der Waals surface area contributed by atoms with E-state index >= 15 is 0 Å². The number of pyridine rings is 1. The summed E-state index contributed by atoms with van der Waals surface area (Å²) >= 11 is 0. The summed E-state index contributed by atoms with van der Waals surface area (Å²) in [4.78, 5) is 12.7. The molecule has 0 aliphatic rings. The third-order valence-corrected chi connectivity index (χ3v) is 12.9. The topological polar surface area (TPSA) is 41.2 Å². The third kappa shape index (κ3) is 13.8. The normalized spacial score (nSPS) is 13.2. The average molecular weight is 1200 g/mol. The molecule has 83 heavy (non-hydrogen) atoms. The van der Waals surface area contributed by atoms with Gasteiger partial charge in [0.05, 0.1) is 49.9 Å². The molecule has 8 rings (SSSR count). The Morgan fingerprint density at radius 3 is 0.952 bits per heavy atom. The van der Waals surface area contributed by atoms with Crippen LogP contribution in [0.4, 0.5) is 105 Å². The van der Waals surface area contributed by atoms with Crippen LogP contribution < -0.4 is 26.4 Å². The maximum absolute atomic E-state index is 14.2. The number of hydrogen-bond acceptors (Lipinski definition) is 2. The molecule has 0 aliphatic heterocycles. The number of carbonyl (C=O) groups excluding carboxylic acids is 1. The molecule has 438 valence electrons. The van der Waals surface area contributed by atoms with E-state index in [0.717, 1.165) is 22.0 Å². The molecule has 8 aromatic rings. The molecular weight excluding hydrogens is 1170 g/mol. The second-order valence-corrected chi connectivity index (χ2v) is 18.4. The van der Waals surface area contributed by atoms with Gasteiger partial charge in [-0.1, -0.05) is 97.1 Å². The van der Waals surface area contributed by atoms with Gasteiger partial charge in [0.25, 0.3) is 0 Å². The fraction of sp³-hybridized carbons (Fsp3) is 0.164. The first-order valence-corrected chi connectivity index (χ1v) is 23.1. The zero-order valence-electron chi connectivity index (χ0n) is 40.7. The van der Waals surface area contributed by atoms with Gasteiger partial charge in [-0.3, -0.25) is 4.79 Å². The van der Waals surface area contributed by atoms with Crippen molar-refractivity contribution in [3.63, 3.8) is 0 Å². The highest BCUT2D eigenvalue weighted by molar-refractivity contribution is 7.20. The number of hydrogen-bond donors (Lipinski definition) is 1. The Morgan fingerprint density at radius 1 is 0.361 bits per heavy atom. The monoisotopic (exact) mass is 1200 g/mol. The molecule has 0 atom stereocenters. The molecule has 1 heterocycles. The number of phenolic OH excluding ortho intramolecular Hbond substituents is 1. The van der Waals surface area contributed by atoms with Crippen molar-refractivity contribution in [3.8, 4) is 17.0 Å². The van der Waals surface area contributed by atoms with Gasteiger partial charge < -0.3 is 5.11 Å². The van der Waals surface area contributed by atoms with Crippen molar-refractivity contribution in [2.24, 2.45) is 0 Å². The van der Waals surface area contributed by atoms with Gasteiger partial charge in [-0.05, 0) is 60.0 Å². The van der Waals surface area contributed by atoms with E-state index in [4.69, 9.17) is 0 Å². The van der Waals surface area contributed by atoms with Crippen LogP contribution in [-0.4, -0.2) is 17.0 Å². The molecule has 0 bridgehead atoms. The first-order chi connectivity index (χ1) is 38.0. The summed E-state index contributed by atoms with van der Waals surface area (Å²) in [6, 6.07) is 17.7. The van der Waals surface area contributed by atoms with E-state index < -0.39 is 195 Å². The molecule has 0 spiro atoms. The van der Waals surface area contributed by atoms with Crippen LogP contribution in [0.15, 0.2) is 164 Å². The number of Topliss-reactive ketones (excluding diaryl/α,β-unsaturated/α-hetero) is 1. The Hall–Kier alpha value is -8.20. The second-order valence-electron chi connectivity index (χ2n) is 18.4. The molecule has 1 aromatic heterocycles. The van der Waals surface area contributed by atoms with Crippen LogP contribution in [0, 0.1) is 0 Å². The van der Waals surface area contributed by atoms with E-state index in [1.54, 1.807) is 12.1 Å². The summed E-state index contributed by atoms with van der Waals surface area (Å²) < 4.78 is 343. The molecule has 28 heteroatoms. The average Bonchev–Trinajstić information content (AvgIpc) is 1.94. The number of halogens is 24. The van der Waals surface area contributed by atoms with Crippen LogP contribution in [0.1, 0.15) is 54.9 Å². The molecule has 0 aliphatic carbocycles. The van der Waals surface area contributed by atoms with Crippen LogP contribution >= 0.6 is 0 Å². The lowest BCUT2D eigenvalue weighted by Crippen LogP contribution is -2.75. The third-order valence-electron chi connectivity index (χ3n) is 12.9. The molecule has 0 amide bonds. The van der Waals surface area contributed by atoms with Crippen LogP contribution in [0.25, 0.3) is 22.0 Å². The van der Waals surface area contributed by atoms with E-state index in [1.165, 1.54) is 0 Å². The predicted octanol–water partition coefficient (Wildman–Crippen LogP) is 15.6. The summed E-state index contributed by atoms with van der Waals surface area (Å²) in [6.07, 6.45) is -52.9. The smallest absolute Gasteiger partial charge is 0.416 e. The van der Waals surface area contributed by atoms with Gasteiger partial charge in [0, 0.05) is 17.2 Å². The largest absolute Gasteiger partial charge is 0.508 e. The quantitative estimate of drug-likeness (QED) is 0.0713. The number of phenols is 1. The number of alkyl halides is 24. The molecule has 0 unspecified atom stereocenters. The summed E-state index contributed by atoms with van der Waals surface area (Å²) in [5.41, 5.74) is -27.6. The Kier molecular flexibility index (Phi) is 16.4. The Bertz CT molecular complexity index is 3250. The second kappa shape index (κ2) is 21.9. The van der Waals surface area contributed by atoms with Crippen molar-refractivity contribution in [2.75, 3.05) is 0 Å². The van der Waals surface area contributed by atoms with E-state index in [-0.39, 0.29) is 18.1 Å². The molecule has 0 saturated carbocycles. The Morgan fingerprint density at radius 2 is 0.651 bits per heavy atom. The van der Waals surface area contributed by atoms with Crippen LogP contribution in [0.5, 0.6) is 5.75 Å². The van der Waals surface area contributed by atoms with Gasteiger partial charge >= 0.3 is 49.4 Å². The Labute approximate surface area is 450 Å². The molecule has 7 aromatic carbocycles. The van der Waals surface area contributed by atoms with E-state index in [2.05, 4.69) is 12.1 Å². The standard InChI is InChI=1S/C32H12BF24.C23H17NO2/c34-25(35,36)13-1-14(26(37,38)39)6-21(5-13)33(22-7-15(27(40,41)42)2-16(8-22)28(43,44)45,23-9-17(29(46,47)48)3-18(10-23)30(49,50)51)24-11-19(31(52,53)54)4-20(12-24)32(55,56)57;25-20-12-10-19(11-13-20)23-21-9-5-4-6-17(21)14-15-24(23)16-22(26)18-7-2-1-3-8-18/h1-12H;1-15H,16H2/q-1;/p+1. The SMILES string of the molecule is FC(F)(F)c1cc([B-](c2cc(C(F)(F)F)cc(C(F)(F)F)c2)(c2cc(C(F)(F)F)cc(C(F)(F)F)c2)c2cc(C(F)(F)F)cc(C(F)(F)F)c2)cc(C(F)(F)F)c1.O=C(C[n+]1ccc2ccccc2c1-c1ccc(O)cc1)c1ccccc1. The minimum atomic E-state index is -6.13. The molecule has 0 saturated heterocycles. The van der Waals surface area contributed by atoms with E-state index in [0.29, 0.717) is 5.56 Å². The summed E-state index contributed by atoms with van der Waals surface area (Å²) in [6.45, 7) is 0.255. The number of aromatic hydroxyl groups is 1. The Balaban J connectivity index is 0.000000313. The lowest BCUT2D eigenvalue weighted by Gasteiger charge is -2.46. The summed E-state index contributed by atoms with van der Waals surface area (Å²) in [5.74, 6) is 0.284. The zero-order valence-corrected chi connectivity index (χ0v) is 40.7. The van der Waals surface area contributed by atoms with Gasteiger partial charge in [-0.25, -0.2) is 0 Å². The van der Waals surface area contributed by atoms with Crippen molar-refractivity contribution in [2.45, 2.75) is 56.0 Å². The number of rotatable bonds is 8. The first-order valence-electron chi connectivity index (χ1n) is 23.1. The highest BCUT2D eigenvalue weighted by atomic mass is 19.4. The summed E-state index contributed by atoms with van der Waals surface area (Å²) in [7, 11) is 0. The highest BCUT2D eigenvalue weighted by Crippen LogP contribution is 2.42. The lowest BCUT2D eigenvalue weighted by molar-refractivity contribution is -0.671. The summed E-state index contributed by atoms with van der Waals surface area (Å²) in [5, 5.41) is 11.8. The van der Waals surface area contributed by atoms with Crippen molar-refractivity contribution in [1.82, 2.24) is 0 Å². The number of benzene rings is 7. The maximum atomic E-state index is 14.2. The van der Waals surface area contributed by atoms with Crippen molar-refractivity contribution in [1.29, 1.82) is 0 Å². The molecule has 0 radical (unpaired) electrons. The molecule has 0 fully saturated rings. The van der Waals surface area contributed by atoms with Crippen molar-refractivity contribution >= 4 is 44.6 Å². The van der Waals surface area contributed by atoms with Gasteiger partial charge in [0.2, 0.25) is 18.0 Å². The number of ketones is 1. The zero-order chi connectivity index (χ0) is 61.8. The molecule has 3 nitrogen and oxygen atoms in total. The van der Waals surface area contributed by atoms with E-state index in [1.807, 2.05) is 71.4 Å². The fourth-order valence-electron chi connectivity index (χ4n) is 9.27. The predicted molar refractivity (Wildman–Crippen MR) is 252 cm³/mol. The lowest BCUT2D eigenvalue weighted by atomic mass is 9.12. The van der Waals surface area contributed by atoms with E-state index in [9.17, 15) is 115 Å². The number of aromatic nitrogens is 1. The minimum Gasteiger partial charge on any atom is -0.508 e. The first kappa shape index (κ1) is 62.4. The van der Waals surface area contributed by atoms with Gasteiger partial charge in [0.1, 0.15) is 11.9 Å². The van der Waals surface area contributed by atoms with Crippen LogP contribution in [0.2, 0.25) is 0 Å². The number of nitrogens with zero attached hydrogens (tertiary/aromatic N) is 1. The number of carbonyl (C=O) groups is 1.